The van der Waals surface area contributed by atoms with Gasteiger partial charge in [-0.15, -0.1) is 0 Å². The number of nitrogens with two attached hydrogens (primary N) is 1. The van der Waals surface area contributed by atoms with Gasteiger partial charge in [0.1, 0.15) is 11.8 Å². The molecule has 0 saturated heterocycles. The number of rotatable bonds is 17. The maximum atomic E-state index is 12.7. The number of aliphatic hydroxyl groups excluding tert-OH is 1. The van der Waals surface area contributed by atoms with E-state index in [1.807, 2.05) is 0 Å². The van der Waals surface area contributed by atoms with Gasteiger partial charge in [0.25, 0.3) is 0 Å². The van der Waals surface area contributed by atoms with Gasteiger partial charge in [-0.05, 0) is 50.3 Å². The number of ketones is 1. The van der Waals surface area contributed by atoms with Crippen molar-refractivity contribution in [1.29, 1.82) is 0 Å². The van der Waals surface area contributed by atoms with Gasteiger partial charge in [-0.25, -0.2) is 4.79 Å². The number of urea groups is 1. The number of carbonyl (C=O) groups excluding carboxylic acids is 5. The van der Waals surface area contributed by atoms with Gasteiger partial charge in [0.05, 0.1) is 13.2 Å². The van der Waals surface area contributed by atoms with Crippen LogP contribution in [-0.2, 0) is 25.8 Å². The lowest BCUT2D eigenvalue weighted by atomic mass is 10.1. The molecule has 1 aromatic rings. The van der Waals surface area contributed by atoms with E-state index in [-0.39, 0.29) is 44.2 Å². The van der Waals surface area contributed by atoms with Gasteiger partial charge in [0.2, 0.25) is 17.7 Å². The Balaban J connectivity index is 0.00000434. The number of carbonyl (C=O) groups is 5. The van der Waals surface area contributed by atoms with Crippen LogP contribution in [0.2, 0.25) is 0 Å². The number of hydrogen-bond acceptors (Lipinski definition) is 6. The molecule has 38 heavy (non-hydrogen) atoms. The molecule has 214 valence electrons. The lowest BCUT2D eigenvalue weighted by molar-refractivity contribution is -0.128. The van der Waals surface area contributed by atoms with E-state index < -0.39 is 23.9 Å². The van der Waals surface area contributed by atoms with Crippen LogP contribution >= 0.6 is 0 Å². The van der Waals surface area contributed by atoms with E-state index in [1.165, 1.54) is 6.42 Å². The number of amides is 5. The number of unbranched alkanes of at least 4 members (excludes halogenated alkanes) is 3. The van der Waals surface area contributed by atoms with Crippen LogP contribution in [0.3, 0.4) is 0 Å². The second-order valence-corrected chi connectivity index (χ2v) is 9.00. The molecule has 0 spiro atoms. The van der Waals surface area contributed by atoms with Crippen molar-refractivity contribution in [2.75, 3.05) is 18.4 Å². The van der Waals surface area contributed by atoms with Gasteiger partial charge in [-0.1, -0.05) is 45.2 Å². The normalized spacial score (nSPS) is 10.8. The van der Waals surface area contributed by atoms with Gasteiger partial charge in [0, 0.05) is 25.1 Å². The molecule has 0 saturated carbocycles. The molecule has 1 rings (SSSR count). The zero-order valence-electron chi connectivity index (χ0n) is 22.9. The fourth-order valence-corrected chi connectivity index (χ4v) is 3.24. The predicted octanol–water partition coefficient (Wildman–Crippen LogP) is 2.51. The first-order valence-electron chi connectivity index (χ1n) is 13.2. The monoisotopic (exact) mass is 535 g/mol. The molecule has 5 amide bonds. The van der Waals surface area contributed by atoms with Gasteiger partial charge in [-0.3, -0.25) is 14.4 Å². The smallest absolute Gasteiger partial charge is 0.312 e. The van der Waals surface area contributed by atoms with E-state index >= 15 is 0 Å². The molecule has 0 aliphatic carbocycles. The maximum absolute atomic E-state index is 12.7. The Labute approximate surface area is 225 Å². The van der Waals surface area contributed by atoms with Crippen molar-refractivity contribution in [3.8, 4) is 0 Å². The Morgan fingerprint density at radius 2 is 1.47 bits per heavy atom. The first kappa shape index (κ1) is 34.5. The third kappa shape index (κ3) is 18.8. The van der Waals surface area contributed by atoms with Crippen molar-refractivity contribution in [3.63, 3.8) is 0 Å². The lowest BCUT2D eigenvalue weighted by Crippen LogP contribution is -2.47. The summed E-state index contributed by atoms with van der Waals surface area (Å²) in [4.78, 5) is 58.8. The Morgan fingerprint density at radius 1 is 0.868 bits per heavy atom. The molecule has 11 nitrogen and oxygen atoms in total. The summed E-state index contributed by atoms with van der Waals surface area (Å²) in [6.07, 6.45) is 5.88. The van der Waals surface area contributed by atoms with Crippen LogP contribution < -0.4 is 27.0 Å². The quantitative estimate of drug-likeness (QED) is 0.167. The van der Waals surface area contributed by atoms with Crippen molar-refractivity contribution in [2.45, 2.75) is 91.2 Å². The van der Waals surface area contributed by atoms with Crippen LogP contribution in [0.4, 0.5) is 10.5 Å². The highest BCUT2D eigenvalue weighted by Crippen LogP contribution is 2.11. The number of primary amides is 1. The highest BCUT2D eigenvalue weighted by molar-refractivity contribution is 5.97. The van der Waals surface area contributed by atoms with Crippen LogP contribution in [-0.4, -0.2) is 53.8 Å². The van der Waals surface area contributed by atoms with Crippen LogP contribution in [0.5, 0.6) is 0 Å². The minimum Gasteiger partial charge on any atom is -0.392 e. The van der Waals surface area contributed by atoms with Gasteiger partial charge >= 0.3 is 6.03 Å². The lowest BCUT2D eigenvalue weighted by Gasteiger charge is -2.19. The molecule has 0 bridgehead atoms. The van der Waals surface area contributed by atoms with Crippen molar-refractivity contribution < 1.29 is 29.1 Å². The van der Waals surface area contributed by atoms with Gasteiger partial charge in [0.15, 0.2) is 0 Å². The van der Waals surface area contributed by atoms with E-state index in [0.717, 1.165) is 19.3 Å². The summed E-state index contributed by atoms with van der Waals surface area (Å²) in [7, 11) is 0. The molecule has 1 aromatic carbocycles. The van der Waals surface area contributed by atoms with Gasteiger partial charge < -0.3 is 36.9 Å². The molecular formula is C27H45N5O6. The first-order valence-corrected chi connectivity index (χ1v) is 13.2. The number of benzene rings is 1. The van der Waals surface area contributed by atoms with Crippen LogP contribution in [0.15, 0.2) is 24.3 Å². The van der Waals surface area contributed by atoms with Crippen LogP contribution in [0, 0.1) is 0 Å². The second-order valence-electron chi connectivity index (χ2n) is 9.00. The summed E-state index contributed by atoms with van der Waals surface area (Å²) >= 11 is 0. The zero-order chi connectivity index (χ0) is 28.8. The number of aliphatic hydroxyl groups is 1. The molecule has 1 atom stereocenters. The summed E-state index contributed by atoms with van der Waals surface area (Å²) in [6.45, 7) is 5.66. The maximum Gasteiger partial charge on any atom is 0.312 e. The molecule has 0 heterocycles. The van der Waals surface area contributed by atoms with E-state index in [0.29, 0.717) is 30.5 Å². The highest BCUT2D eigenvalue weighted by Gasteiger charge is 2.21. The number of Topliss-reactive ketones (excluding diaryl/α,β-unsaturated/α-hetero) is 1. The average molecular weight is 536 g/mol. The fraction of sp³-hybridized carbons (Fsp3) is 0.593. The molecule has 7 N–H and O–H groups in total. The summed E-state index contributed by atoms with van der Waals surface area (Å²) in [5.74, 6) is -1.07. The predicted molar refractivity (Wildman–Crippen MR) is 147 cm³/mol. The number of hydrogen-bond donors (Lipinski definition) is 6. The SMILES string of the molecule is CC(=O)CCCCCCC(=O)NCC(=O)NC(CCCNC(N)=O)C(=O)Nc1ccc(CO)cc1.CCC. The van der Waals surface area contributed by atoms with Gasteiger partial charge in [-0.2, -0.15) is 0 Å². The molecular weight excluding hydrogens is 490 g/mol. The molecule has 1 unspecified atom stereocenters. The highest BCUT2D eigenvalue weighted by atomic mass is 16.3. The Bertz CT molecular complexity index is 860. The summed E-state index contributed by atoms with van der Waals surface area (Å²) in [5, 5.41) is 19.4. The fourth-order valence-electron chi connectivity index (χ4n) is 3.24. The van der Waals surface area contributed by atoms with Crippen LogP contribution in [0.1, 0.15) is 84.1 Å². The van der Waals surface area contributed by atoms with Crippen molar-refractivity contribution in [2.24, 2.45) is 5.73 Å². The van der Waals surface area contributed by atoms with E-state index in [2.05, 4.69) is 35.1 Å². The summed E-state index contributed by atoms with van der Waals surface area (Å²) < 4.78 is 0. The molecule has 0 aromatic heterocycles. The van der Waals surface area contributed by atoms with Crippen LogP contribution in [0.25, 0.3) is 0 Å². The molecule has 11 heteroatoms. The third-order valence-corrected chi connectivity index (χ3v) is 5.15. The van der Waals surface area contributed by atoms with Crippen molar-refractivity contribution >= 4 is 35.2 Å². The third-order valence-electron chi connectivity index (χ3n) is 5.15. The number of anilines is 1. The topological polar surface area (TPSA) is 180 Å². The Hall–Kier alpha value is -3.47. The van der Waals surface area contributed by atoms with E-state index in [1.54, 1.807) is 31.2 Å². The Morgan fingerprint density at radius 3 is 2.03 bits per heavy atom. The average Bonchev–Trinajstić information content (AvgIpc) is 2.87. The molecule has 0 fully saturated rings. The minimum atomic E-state index is -0.895. The number of nitrogens with one attached hydrogen (secondary N) is 4. The van der Waals surface area contributed by atoms with Crippen molar-refractivity contribution in [1.82, 2.24) is 16.0 Å². The standard InChI is InChI=1S/C24H37N5O6.C3H8/c1-17(31)7-4-2-3-5-9-21(32)27-15-22(33)29-20(8-6-14-26-24(25)35)23(34)28-19-12-10-18(16-30)11-13-19;1-3-2/h10-13,20,30H,2-9,14-16H2,1H3,(H,27,32)(H,28,34)(H,29,33)(H3,25,26,35);3H2,1-2H3. The molecule has 0 radical (unpaired) electrons. The minimum absolute atomic E-state index is 0.120. The Kier molecular flexibility index (Phi) is 19.6. The summed E-state index contributed by atoms with van der Waals surface area (Å²) in [5.41, 5.74) is 6.23. The second kappa shape index (κ2) is 21.6. The largest absolute Gasteiger partial charge is 0.392 e. The van der Waals surface area contributed by atoms with E-state index in [9.17, 15) is 24.0 Å². The van der Waals surface area contributed by atoms with Crippen molar-refractivity contribution in [3.05, 3.63) is 29.8 Å². The van der Waals surface area contributed by atoms with E-state index in [4.69, 9.17) is 10.8 Å². The zero-order valence-corrected chi connectivity index (χ0v) is 22.9. The first-order chi connectivity index (χ1) is 18.1. The molecule has 0 aliphatic rings. The molecule has 0 aliphatic heterocycles. The summed E-state index contributed by atoms with van der Waals surface area (Å²) in [6, 6.07) is 5.03.